The van der Waals surface area contributed by atoms with Crippen molar-refractivity contribution in [1.82, 2.24) is 14.8 Å². The SMILES string of the molecule is Cc1nnc(-c2c(Cl)ccc(Cl)c2N)n1C(C)C. The van der Waals surface area contributed by atoms with Gasteiger partial charge in [0.15, 0.2) is 5.82 Å². The van der Waals surface area contributed by atoms with Crippen molar-refractivity contribution in [1.29, 1.82) is 0 Å². The maximum Gasteiger partial charge on any atom is 0.167 e. The molecule has 0 aliphatic carbocycles. The molecule has 0 saturated carbocycles. The molecular formula is C12H14Cl2N4. The molecule has 0 unspecified atom stereocenters. The Kier molecular flexibility index (Phi) is 3.50. The van der Waals surface area contributed by atoms with Crippen molar-refractivity contribution in [3.8, 4) is 11.4 Å². The second-order valence-electron chi connectivity index (χ2n) is 4.35. The van der Waals surface area contributed by atoms with Crippen LogP contribution in [0.1, 0.15) is 25.7 Å². The molecule has 96 valence electrons. The molecule has 6 heteroatoms. The number of hydrogen-bond donors (Lipinski definition) is 1. The summed E-state index contributed by atoms with van der Waals surface area (Å²) in [4.78, 5) is 0. The molecule has 1 heterocycles. The second-order valence-corrected chi connectivity index (χ2v) is 5.17. The van der Waals surface area contributed by atoms with Crippen molar-refractivity contribution in [2.45, 2.75) is 26.8 Å². The minimum Gasteiger partial charge on any atom is -0.397 e. The zero-order valence-electron chi connectivity index (χ0n) is 10.4. The Morgan fingerprint density at radius 1 is 1.17 bits per heavy atom. The minimum absolute atomic E-state index is 0.212. The van der Waals surface area contributed by atoms with Gasteiger partial charge in [0, 0.05) is 6.04 Å². The van der Waals surface area contributed by atoms with Crippen LogP contribution in [-0.2, 0) is 0 Å². The lowest BCUT2D eigenvalue weighted by Crippen LogP contribution is -2.07. The zero-order valence-corrected chi connectivity index (χ0v) is 11.9. The molecule has 0 saturated heterocycles. The van der Waals surface area contributed by atoms with E-state index in [0.29, 0.717) is 27.1 Å². The molecule has 2 rings (SSSR count). The highest BCUT2D eigenvalue weighted by atomic mass is 35.5. The van der Waals surface area contributed by atoms with Gasteiger partial charge < -0.3 is 10.3 Å². The number of hydrogen-bond acceptors (Lipinski definition) is 3. The Morgan fingerprint density at radius 3 is 2.39 bits per heavy atom. The van der Waals surface area contributed by atoms with Crippen molar-refractivity contribution in [3.05, 3.63) is 28.0 Å². The molecule has 1 aromatic heterocycles. The summed E-state index contributed by atoms with van der Waals surface area (Å²) in [6.07, 6.45) is 0. The Bertz CT molecular complexity index is 590. The standard InChI is InChI=1S/C12H14Cl2N4/c1-6(2)18-7(3)16-17-12(18)10-8(13)4-5-9(14)11(10)15/h4-6H,15H2,1-3H3. The summed E-state index contributed by atoms with van der Waals surface area (Å²) in [5, 5.41) is 9.22. The summed E-state index contributed by atoms with van der Waals surface area (Å²) in [5.41, 5.74) is 7.06. The first-order valence-electron chi connectivity index (χ1n) is 5.58. The van der Waals surface area contributed by atoms with E-state index in [2.05, 4.69) is 24.0 Å². The van der Waals surface area contributed by atoms with Gasteiger partial charge in [0.2, 0.25) is 0 Å². The number of nitrogens with two attached hydrogens (primary N) is 1. The summed E-state index contributed by atoms with van der Waals surface area (Å²) >= 11 is 12.2. The average Bonchev–Trinajstić information content (AvgIpc) is 2.66. The Balaban J connectivity index is 2.74. The van der Waals surface area contributed by atoms with Gasteiger partial charge in [-0.3, -0.25) is 0 Å². The molecule has 2 N–H and O–H groups in total. The van der Waals surface area contributed by atoms with E-state index in [0.717, 1.165) is 5.82 Å². The number of rotatable bonds is 2. The van der Waals surface area contributed by atoms with Crippen LogP contribution in [0.3, 0.4) is 0 Å². The molecule has 0 aliphatic heterocycles. The normalized spacial score (nSPS) is 11.2. The minimum atomic E-state index is 0.212. The topological polar surface area (TPSA) is 56.7 Å². The molecule has 0 amide bonds. The van der Waals surface area contributed by atoms with Crippen LogP contribution in [0.15, 0.2) is 12.1 Å². The average molecular weight is 285 g/mol. The highest BCUT2D eigenvalue weighted by Crippen LogP contribution is 2.37. The third-order valence-electron chi connectivity index (χ3n) is 2.75. The van der Waals surface area contributed by atoms with Gasteiger partial charge in [0.1, 0.15) is 5.82 Å². The van der Waals surface area contributed by atoms with Crippen LogP contribution in [0.2, 0.25) is 10.0 Å². The maximum absolute atomic E-state index is 6.20. The molecule has 18 heavy (non-hydrogen) atoms. The largest absolute Gasteiger partial charge is 0.397 e. The van der Waals surface area contributed by atoms with Crippen molar-refractivity contribution in [2.24, 2.45) is 0 Å². The zero-order chi connectivity index (χ0) is 13.4. The fourth-order valence-corrected chi connectivity index (χ4v) is 2.36. The lowest BCUT2D eigenvalue weighted by Gasteiger charge is -2.15. The van der Waals surface area contributed by atoms with Gasteiger partial charge in [-0.05, 0) is 32.9 Å². The quantitative estimate of drug-likeness (QED) is 0.855. The van der Waals surface area contributed by atoms with E-state index < -0.39 is 0 Å². The van der Waals surface area contributed by atoms with Gasteiger partial charge in [0.05, 0.1) is 21.3 Å². The van der Waals surface area contributed by atoms with Crippen LogP contribution in [0.25, 0.3) is 11.4 Å². The van der Waals surface area contributed by atoms with Crippen molar-refractivity contribution in [3.63, 3.8) is 0 Å². The van der Waals surface area contributed by atoms with E-state index in [1.54, 1.807) is 12.1 Å². The molecule has 0 fully saturated rings. The van der Waals surface area contributed by atoms with Crippen molar-refractivity contribution < 1.29 is 0 Å². The van der Waals surface area contributed by atoms with Crippen LogP contribution in [-0.4, -0.2) is 14.8 Å². The van der Waals surface area contributed by atoms with Crippen molar-refractivity contribution >= 4 is 28.9 Å². The van der Waals surface area contributed by atoms with Gasteiger partial charge in [0.25, 0.3) is 0 Å². The van der Waals surface area contributed by atoms with Gasteiger partial charge in [-0.15, -0.1) is 10.2 Å². The molecule has 2 aromatic rings. The number of nitrogen functional groups attached to an aromatic ring is 1. The summed E-state index contributed by atoms with van der Waals surface area (Å²) in [5.74, 6) is 1.46. The number of aryl methyl sites for hydroxylation is 1. The fraction of sp³-hybridized carbons (Fsp3) is 0.333. The van der Waals surface area contributed by atoms with Crippen LogP contribution >= 0.6 is 23.2 Å². The number of benzene rings is 1. The first-order valence-corrected chi connectivity index (χ1v) is 6.34. The lowest BCUT2D eigenvalue weighted by atomic mass is 10.1. The lowest BCUT2D eigenvalue weighted by molar-refractivity contribution is 0.588. The molecule has 0 bridgehead atoms. The Labute approximate surface area is 116 Å². The molecule has 1 aromatic carbocycles. The first kappa shape index (κ1) is 13.2. The van der Waals surface area contributed by atoms with Crippen LogP contribution in [0, 0.1) is 6.92 Å². The predicted molar refractivity (Wildman–Crippen MR) is 75.0 cm³/mol. The number of nitrogens with zero attached hydrogens (tertiary/aromatic N) is 3. The number of halogens is 2. The first-order chi connectivity index (χ1) is 8.43. The third kappa shape index (κ3) is 2.06. The van der Waals surface area contributed by atoms with Crippen LogP contribution in [0.4, 0.5) is 5.69 Å². The van der Waals surface area contributed by atoms with E-state index >= 15 is 0 Å². The number of anilines is 1. The second kappa shape index (κ2) is 4.78. The molecular weight excluding hydrogens is 271 g/mol. The van der Waals surface area contributed by atoms with Gasteiger partial charge in [-0.2, -0.15) is 0 Å². The highest BCUT2D eigenvalue weighted by molar-refractivity contribution is 6.37. The van der Waals surface area contributed by atoms with E-state index in [1.165, 1.54) is 0 Å². The molecule has 0 spiro atoms. The summed E-state index contributed by atoms with van der Waals surface area (Å²) in [6, 6.07) is 3.60. The third-order valence-corrected chi connectivity index (χ3v) is 3.39. The van der Waals surface area contributed by atoms with E-state index in [4.69, 9.17) is 28.9 Å². The summed E-state index contributed by atoms with van der Waals surface area (Å²) in [6.45, 7) is 5.99. The monoisotopic (exact) mass is 284 g/mol. The van der Waals surface area contributed by atoms with Crippen LogP contribution in [0.5, 0.6) is 0 Å². The maximum atomic E-state index is 6.20. The van der Waals surface area contributed by atoms with Crippen molar-refractivity contribution in [2.75, 3.05) is 5.73 Å². The molecule has 0 atom stereocenters. The van der Waals surface area contributed by atoms with E-state index in [9.17, 15) is 0 Å². The van der Waals surface area contributed by atoms with Gasteiger partial charge in [-0.1, -0.05) is 23.2 Å². The number of aromatic nitrogens is 3. The summed E-state index contributed by atoms with van der Waals surface area (Å²) < 4.78 is 1.98. The molecule has 0 aliphatic rings. The van der Waals surface area contributed by atoms with Gasteiger partial charge >= 0.3 is 0 Å². The predicted octanol–water partition coefficient (Wildman–Crippen LogP) is 3.72. The van der Waals surface area contributed by atoms with E-state index in [1.807, 2.05) is 11.5 Å². The highest BCUT2D eigenvalue weighted by Gasteiger charge is 2.19. The van der Waals surface area contributed by atoms with Crippen LogP contribution < -0.4 is 5.73 Å². The molecule has 0 radical (unpaired) electrons. The fourth-order valence-electron chi connectivity index (χ4n) is 1.95. The van der Waals surface area contributed by atoms with Gasteiger partial charge in [-0.25, -0.2) is 0 Å². The molecule has 4 nitrogen and oxygen atoms in total. The van der Waals surface area contributed by atoms with E-state index in [-0.39, 0.29) is 6.04 Å². The summed E-state index contributed by atoms with van der Waals surface area (Å²) in [7, 11) is 0. The Hall–Kier alpha value is -1.26. The smallest absolute Gasteiger partial charge is 0.167 e. The Morgan fingerprint density at radius 2 is 1.78 bits per heavy atom.